The van der Waals surface area contributed by atoms with Gasteiger partial charge < -0.3 is 20.1 Å². The highest BCUT2D eigenvalue weighted by atomic mass is 19.1. The molecule has 48 heavy (non-hydrogen) atoms. The van der Waals surface area contributed by atoms with E-state index in [0.717, 1.165) is 58.3 Å². The molecule has 2 unspecified atom stereocenters. The van der Waals surface area contributed by atoms with E-state index in [1.54, 1.807) is 12.3 Å². The van der Waals surface area contributed by atoms with Crippen molar-refractivity contribution in [3.05, 3.63) is 65.9 Å². The molecule has 242 valence electrons. The van der Waals surface area contributed by atoms with Crippen LogP contribution in [0.25, 0.3) is 32.9 Å². The van der Waals surface area contributed by atoms with Gasteiger partial charge in [-0.05, 0) is 68.3 Å². The number of anilines is 1. The minimum Gasteiger partial charge on any atom is -0.508 e. The Morgan fingerprint density at radius 2 is 2.00 bits per heavy atom. The van der Waals surface area contributed by atoms with E-state index in [1.807, 2.05) is 24.4 Å². The fourth-order valence-corrected chi connectivity index (χ4v) is 9.62. The molecule has 8 heterocycles. The van der Waals surface area contributed by atoms with Crippen LogP contribution >= 0.6 is 0 Å². The van der Waals surface area contributed by atoms with Gasteiger partial charge in [-0.3, -0.25) is 14.6 Å². The molecule has 5 aliphatic rings. The van der Waals surface area contributed by atoms with E-state index in [0.29, 0.717) is 63.8 Å². The molecule has 10 nitrogen and oxygen atoms in total. The molecule has 0 aliphatic carbocycles. The Hall–Kier alpha value is -4.79. The number of nitrogens with one attached hydrogen (secondary N) is 1. The highest BCUT2D eigenvalue weighted by molar-refractivity contribution is 6.02. The number of nitrogens with zero attached hydrogens (tertiary/aromatic N) is 7. The van der Waals surface area contributed by atoms with Gasteiger partial charge >= 0.3 is 6.01 Å². The standard InChI is InChI=1S/C37H35FN8O2/c1-2-21-5-3-6-22-13-26(47)14-27(30(21)22)32-31(38)33-28(16-39-32)35(44-18-24-7-8-25(19-44)41-24)43-36(42-33)48-20-37-10-4-12-45(37)34-23(15-37)17-46-29(34)9-11-40-46/h1,3,5-6,9,11,13-14,16,23-25,34,41,47H,4,7-8,10,12,15,17-20H2/t23-,24?,25?,34-,37-/m1/s1. The number of benzene rings is 2. The van der Waals surface area contributed by atoms with Crippen LogP contribution in [-0.2, 0) is 6.54 Å². The van der Waals surface area contributed by atoms with Crippen LogP contribution in [0.3, 0.4) is 0 Å². The summed E-state index contributed by atoms with van der Waals surface area (Å²) in [5.41, 5.74) is 2.40. The van der Waals surface area contributed by atoms with Crippen LogP contribution in [0.5, 0.6) is 11.8 Å². The number of ether oxygens (including phenoxy) is 1. The number of hydrogen-bond acceptors (Lipinski definition) is 9. The molecule has 2 aromatic carbocycles. The van der Waals surface area contributed by atoms with Gasteiger partial charge in [0.2, 0.25) is 0 Å². The molecule has 5 aliphatic heterocycles. The van der Waals surface area contributed by atoms with Crippen molar-refractivity contribution in [2.24, 2.45) is 5.92 Å². The summed E-state index contributed by atoms with van der Waals surface area (Å²) in [5.74, 6) is 3.26. The molecule has 11 heteroatoms. The van der Waals surface area contributed by atoms with Gasteiger partial charge in [0, 0.05) is 66.5 Å². The van der Waals surface area contributed by atoms with Gasteiger partial charge in [0.25, 0.3) is 0 Å². The highest BCUT2D eigenvalue weighted by Crippen LogP contribution is 2.55. The topological polar surface area (TPSA) is 104 Å². The summed E-state index contributed by atoms with van der Waals surface area (Å²) < 4.78 is 25.7. The number of fused-ring (bicyclic) bond motifs is 9. The summed E-state index contributed by atoms with van der Waals surface area (Å²) >= 11 is 0. The van der Waals surface area contributed by atoms with Crippen molar-refractivity contribution in [3.63, 3.8) is 0 Å². The first-order valence-electron chi connectivity index (χ1n) is 17.0. The van der Waals surface area contributed by atoms with Crippen molar-refractivity contribution < 1.29 is 14.2 Å². The summed E-state index contributed by atoms with van der Waals surface area (Å²) in [6.07, 6.45) is 14.8. The number of piperazine rings is 1. The zero-order valence-corrected chi connectivity index (χ0v) is 26.4. The lowest BCUT2D eigenvalue weighted by Gasteiger charge is -2.35. The number of halogens is 1. The minimum atomic E-state index is -0.595. The summed E-state index contributed by atoms with van der Waals surface area (Å²) in [4.78, 5) is 19.2. The molecule has 0 amide bonds. The molecule has 0 radical (unpaired) electrons. The average Bonchev–Trinajstić information content (AvgIpc) is 3.90. The van der Waals surface area contributed by atoms with E-state index < -0.39 is 5.82 Å². The number of aromatic nitrogens is 5. The number of hydrogen-bond donors (Lipinski definition) is 2. The fraction of sp³-hybridized carbons (Fsp3) is 0.405. The number of pyridine rings is 1. The summed E-state index contributed by atoms with van der Waals surface area (Å²) in [6, 6.07) is 12.0. The van der Waals surface area contributed by atoms with Gasteiger partial charge in [-0.1, -0.05) is 18.1 Å². The maximum absolute atomic E-state index is 17.0. The quantitative estimate of drug-likeness (QED) is 0.262. The van der Waals surface area contributed by atoms with Gasteiger partial charge in [0.1, 0.15) is 29.4 Å². The zero-order valence-electron chi connectivity index (χ0n) is 26.4. The monoisotopic (exact) mass is 642 g/mol. The predicted molar refractivity (Wildman–Crippen MR) is 179 cm³/mol. The van der Waals surface area contributed by atoms with Crippen LogP contribution in [-0.4, -0.2) is 78.6 Å². The Balaban J connectivity index is 1.08. The smallest absolute Gasteiger partial charge is 0.319 e. The molecule has 2 bridgehead atoms. The second kappa shape index (κ2) is 10.4. The number of phenolic OH excluding ortho intramolecular Hbond substituents is 1. The van der Waals surface area contributed by atoms with Crippen LogP contribution < -0.4 is 15.0 Å². The van der Waals surface area contributed by atoms with Crippen LogP contribution in [0, 0.1) is 24.1 Å². The Morgan fingerprint density at radius 1 is 1.12 bits per heavy atom. The second-order valence-electron chi connectivity index (χ2n) is 14.3. The maximum atomic E-state index is 17.0. The van der Waals surface area contributed by atoms with Crippen molar-refractivity contribution in [1.29, 1.82) is 0 Å². The molecule has 0 spiro atoms. The van der Waals surface area contributed by atoms with Crippen molar-refractivity contribution >= 4 is 27.5 Å². The van der Waals surface area contributed by atoms with Crippen LogP contribution in [0.4, 0.5) is 10.2 Å². The Labute approximate surface area is 276 Å². The molecule has 10 rings (SSSR count). The molecular formula is C37H35FN8O2. The Bertz CT molecular complexity index is 2170. The third-order valence-corrected chi connectivity index (χ3v) is 11.5. The third-order valence-electron chi connectivity index (χ3n) is 11.5. The molecule has 2 N–H and O–H groups in total. The molecule has 5 aromatic rings. The lowest BCUT2D eigenvalue weighted by Crippen LogP contribution is -2.51. The van der Waals surface area contributed by atoms with Gasteiger partial charge in [-0.25, -0.2) is 4.39 Å². The zero-order chi connectivity index (χ0) is 32.1. The lowest BCUT2D eigenvalue weighted by molar-refractivity contribution is 0.0834. The minimum absolute atomic E-state index is 0.00131. The SMILES string of the molecule is C#Cc1cccc2cc(O)cc(-c3ncc4c(N5CC6CCC(C5)N6)nc(OC[C@]56CCCN5[C@H]5c7ccnn7C[C@H]5C6)nc4c3F)c12. The summed E-state index contributed by atoms with van der Waals surface area (Å²) in [6.45, 7) is 3.92. The molecule has 3 aromatic heterocycles. The van der Waals surface area contributed by atoms with Crippen molar-refractivity contribution in [3.8, 4) is 35.4 Å². The van der Waals surface area contributed by atoms with Gasteiger partial charge in [-0.15, -0.1) is 6.42 Å². The largest absolute Gasteiger partial charge is 0.508 e. The van der Waals surface area contributed by atoms with E-state index in [2.05, 4.69) is 41.9 Å². The summed E-state index contributed by atoms with van der Waals surface area (Å²) in [7, 11) is 0. The molecule has 0 saturated carbocycles. The maximum Gasteiger partial charge on any atom is 0.319 e. The lowest BCUT2D eigenvalue weighted by atomic mass is 9.90. The molecule has 4 fully saturated rings. The van der Waals surface area contributed by atoms with Crippen LogP contribution in [0.15, 0.2) is 48.8 Å². The van der Waals surface area contributed by atoms with E-state index in [-0.39, 0.29) is 28.5 Å². The van der Waals surface area contributed by atoms with Crippen LogP contribution in [0.2, 0.25) is 0 Å². The van der Waals surface area contributed by atoms with Crippen LogP contribution in [0.1, 0.15) is 49.4 Å². The molecule has 5 atom stereocenters. The normalized spacial score (nSPS) is 27.4. The first-order chi connectivity index (χ1) is 23.5. The third kappa shape index (κ3) is 4.12. The van der Waals surface area contributed by atoms with E-state index in [4.69, 9.17) is 21.1 Å². The first-order valence-corrected chi connectivity index (χ1v) is 17.0. The molecule has 4 saturated heterocycles. The first kappa shape index (κ1) is 28.2. The fourth-order valence-electron chi connectivity index (χ4n) is 9.62. The van der Waals surface area contributed by atoms with Gasteiger partial charge in [0.05, 0.1) is 22.7 Å². The van der Waals surface area contributed by atoms with Crippen molar-refractivity contribution in [2.75, 3.05) is 31.1 Å². The van der Waals surface area contributed by atoms with E-state index in [1.165, 1.54) is 11.8 Å². The number of aromatic hydroxyl groups is 1. The summed E-state index contributed by atoms with van der Waals surface area (Å²) in [5, 5.41) is 20.8. The Morgan fingerprint density at radius 3 is 2.85 bits per heavy atom. The van der Waals surface area contributed by atoms with Crippen molar-refractivity contribution in [2.45, 2.75) is 62.3 Å². The second-order valence-corrected chi connectivity index (χ2v) is 14.3. The van der Waals surface area contributed by atoms with Gasteiger partial charge in [0.15, 0.2) is 5.82 Å². The average molecular weight is 643 g/mol. The highest BCUT2D eigenvalue weighted by Gasteiger charge is 2.57. The number of phenols is 1. The number of terminal acetylenes is 1. The van der Waals surface area contributed by atoms with E-state index in [9.17, 15) is 5.11 Å². The predicted octanol–water partition coefficient (Wildman–Crippen LogP) is 4.80. The van der Waals surface area contributed by atoms with Crippen molar-refractivity contribution in [1.82, 2.24) is 34.9 Å². The number of rotatable bonds is 5. The van der Waals surface area contributed by atoms with E-state index >= 15 is 4.39 Å². The van der Waals surface area contributed by atoms with Gasteiger partial charge in [-0.2, -0.15) is 15.1 Å². The molecular weight excluding hydrogens is 607 g/mol. The Kier molecular flexibility index (Phi) is 6.09.